The summed E-state index contributed by atoms with van der Waals surface area (Å²) in [6, 6.07) is 8.22. The summed E-state index contributed by atoms with van der Waals surface area (Å²) in [6.07, 6.45) is 3.09. The van der Waals surface area contributed by atoms with Crippen LogP contribution in [0.1, 0.15) is 31.2 Å². The van der Waals surface area contributed by atoms with Crippen LogP contribution in [0.5, 0.6) is 0 Å². The second-order valence-corrected chi connectivity index (χ2v) is 5.39. The maximum Gasteiger partial charge on any atom is 0.303 e. The maximum absolute atomic E-state index is 10.4. The zero-order valence-corrected chi connectivity index (χ0v) is 12.3. The highest BCUT2D eigenvalue weighted by atomic mass is 79.9. The van der Waals surface area contributed by atoms with Crippen LogP contribution in [0.4, 0.5) is 0 Å². The molecule has 18 heavy (non-hydrogen) atoms. The number of benzene rings is 1. The zero-order valence-electron chi connectivity index (χ0n) is 10.7. The first-order valence-electron chi connectivity index (χ1n) is 6.23. The second-order valence-electron chi connectivity index (χ2n) is 4.53. The van der Waals surface area contributed by atoms with Crippen molar-refractivity contribution in [1.82, 2.24) is 4.90 Å². The molecule has 3 nitrogen and oxygen atoms in total. The Labute approximate surface area is 117 Å². The van der Waals surface area contributed by atoms with Gasteiger partial charge in [0.05, 0.1) is 0 Å². The highest BCUT2D eigenvalue weighted by Gasteiger charge is 2.03. The van der Waals surface area contributed by atoms with Gasteiger partial charge < -0.3 is 10.0 Å². The van der Waals surface area contributed by atoms with Crippen molar-refractivity contribution >= 4 is 21.9 Å². The predicted octanol–water partition coefficient (Wildman–Crippen LogP) is 3.53. The molecule has 0 spiro atoms. The molecule has 0 saturated heterocycles. The van der Waals surface area contributed by atoms with Crippen molar-refractivity contribution in [2.45, 2.75) is 32.2 Å². The van der Waals surface area contributed by atoms with Gasteiger partial charge >= 0.3 is 5.97 Å². The van der Waals surface area contributed by atoms with Crippen LogP contribution >= 0.6 is 15.9 Å². The van der Waals surface area contributed by atoms with Crippen molar-refractivity contribution in [3.05, 3.63) is 34.3 Å². The number of halogens is 1. The highest BCUT2D eigenvalue weighted by Crippen LogP contribution is 2.17. The third-order valence-electron chi connectivity index (χ3n) is 2.83. The average Bonchev–Trinajstić information content (AvgIpc) is 2.31. The Morgan fingerprint density at radius 3 is 2.67 bits per heavy atom. The van der Waals surface area contributed by atoms with Gasteiger partial charge in [-0.15, -0.1) is 0 Å². The number of carbonyl (C=O) groups is 1. The van der Waals surface area contributed by atoms with E-state index >= 15 is 0 Å². The molecular formula is C14H20BrNO2. The van der Waals surface area contributed by atoms with E-state index in [4.69, 9.17) is 5.11 Å². The smallest absolute Gasteiger partial charge is 0.303 e. The number of hydrogen-bond donors (Lipinski definition) is 1. The van der Waals surface area contributed by atoms with Crippen LogP contribution in [0, 0.1) is 0 Å². The van der Waals surface area contributed by atoms with Gasteiger partial charge in [0, 0.05) is 17.4 Å². The molecule has 0 saturated carbocycles. The molecule has 0 heterocycles. The lowest BCUT2D eigenvalue weighted by atomic mass is 10.1. The summed E-state index contributed by atoms with van der Waals surface area (Å²) in [7, 11) is 2.09. The lowest BCUT2D eigenvalue weighted by Crippen LogP contribution is -2.19. The van der Waals surface area contributed by atoms with E-state index in [9.17, 15) is 4.79 Å². The van der Waals surface area contributed by atoms with E-state index in [1.165, 1.54) is 5.56 Å². The first-order valence-corrected chi connectivity index (χ1v) is 7.02. The van der Waals surface area contributed by atoms with Gasteiger partial charge in [0.1, 0.15) is 0 Å². The Kier molecular flexibility index (Phi) is 6.98. The maximum atomic E-state index is 10.4. The fourth-order valence-corrected chi connectivity index (χ4v) is 2.24. The molecule has 1 rings (SSSR count). The monoisotopic (exact) mass is 313 g/mol. The fraction of sp³-hybridized carbons (Fsp3) is 0.500. The van der Waals surface area contributed by atoms with Gasteiger partial charge in [0.2, 0.25) is 0 Å². The minimum atomic E-state index is -0.698. The number of carboxylic acids is 1. The number of carboxylic acid groups (broad SMARTS) is 1. The molecule has 0 fully saturated rings. The Balaban J connectivity index is 2.20. The molecule has 0 amide bonds. The summed E-state index contributed by atoms with van der Waals surface area (Å²) >= 11 is 3.54. The zero-order chi connectivity index (χ0) is 13.4. The topological polar surface area (TPSA) is 40.5 Å². The third-order valence-corrected chi connectivity index (χ3v) is 3.60. The van der Waals surface area contributed by atoms with Gasteiger partial charge in [-0.05, 0) is 38.1 Å². The molecular weight excluding hydrogens is 294 g/mol. The first-order chi connectivity index (χ1) is 8.59. The normalized spacial score (nSPS) is 10.8. The Hall–Kier alpha value is -0.870. The molecule has 0 atom stereocenters. The van der Waals surface area contributed by atoms with Crippen molar-refractivity contribution < 1.29 is 9.90 Å². The molecule has 0 radical (unpaired) electrons. The molecule has 0 aliphatic heterocycles. The molecule has 0 unspecified atom stereocenters. The quantitative estimate of drug-likeness (QED) is 0.746. The van der Waals surface area contributed by atoms with Gasteiger partial charge in [0.25, 0.3) is 0 Å². The summed E-state index contributed by atoms with van der Waals surface area (Å²) in [5.41, 5.74) is 1.28. The highest BCUT2D eigenvalue weighted by molar-refractivity contribution is 9.10. The van der Waals surface area contributed by atoms with Gasteiger partial charge in [-0.1, -0.05) is 40.5 Å². The van der Waals surface area contributed by atoms with E-state index in [1.54, 1.807) is 0 Å². The number of nitrogens with zero attached hydrogens (tertiary/aromatic N) is 1. The molecule has 0 bridgehead atoms. The van der Waals surface area contributed by atoms with E-state index in [0.717, 1.165) is 36.8 Å². The van der Waals surface area contributed by atoms with Gasteiger partial charge in [-0.3, -0.25) is 4.79 Å². The summed E-state index contributed by atoms with van der Waals surface area (Å²) in [4.78, 5) is 12.6. The lowest BCUT2D eigenvalue weighted by molar-refractivity contribution is -0.137. The number of unbranched alkanes of at least 4 members (excludes halogenated alkanes) is 2. The number of aliphatic carboxylic acids is 1. The Morgan fingerprint density at radius 2 is 2.00 bits per heavy atom. The Morgan fingerprint density at radius 1 is 1.28 bits per heavy atom. The molecule has 4 heteroatoms. The van der Waals surface area contributed by atoms with Crippen molar-refractivity contribution in [3.8, 4) is 0 Å². The lowest BCUT2D eigenvalue weighted by Gasteiger charge is -2.17. The largest absolute Gasteiger partial charge is 0.481 e. The fourth-order valence-electron chi connectivity index (χ4n) is 1.83. The molecule has 0 aliphatic rings. The van der Waals surface area contributed by atoms with Crippen LogP contribution in [0.3, 0.4) is 0 Å². The van der Waals surface area contributed by atoms with E-state index in [0.29, 0.717) is 0 Å². The molecule has 0 aromatic heterocycles. The summed E-state index contributed by atoms with van der Waals surface area (Å²) in [5.74, 6) is -0.698. The molecule has 1 aromatic rings. The molecule has 1 aromatic carbocycles. The van der Waals surface area contributed by atoms with Gasteiger partial charge in [-0.25, -0.2) is 0 Å². The third kappa shape index (κ3) is 6.17. The standard InChI is InChI=1S/C14H20BrNO2/c1-16(10-6-2-3-9-14(17)18)11-12-7-4-5-8-13(12)15/h4-5,7-8H,2-3,6,9-11H2,1H3,(H,17,18). The van der Waals surface area contributed by atoms with E-state index in [-0.39, 0.29) is 6.42 Å². The van der Waals surface area contributed by atoms with Crippen LogP contribution in [-0.2, 0) is 11.3 Å². The van der Waals surface area contributed by atoms with Crippen LogP contribution in [0.15, 0.2) is 28.7 Å². The van der Waals surface area contributed by atoms with Crippen LogP contribution in [0.25, 0.3) is 0 Å². The van der Waals surface area contributed by atoms with E-state index in [2.05, 4.69) is 40.0 Å². The average molecular weight is 314 g/mol. The van der Waals surface area contributed by atoms with E-state index in [1.807, 2.05) is 12.1 Å². The summed E-state index contributed by atoms with van der Waals surface area (Å²) < 4.78 is 1.14. The van der Waals surface area contributed by atoms with Crippen molar-refractivity contribution in [2.24, 2.45) is 0 Å². The predicted molar refractivity (Wildman–Crippen MR) is 76.6 cm³/mol. The minimum Gasteiger partial charge on any atom is -0.481 e. The van der Waals surface area contributed by atoms with Crippen molar-refractivity contribution in [3.63, 3.8) is 0 Å². The molecule has 1 N–H and O–H groups in total. The summed E-state index contributed by atoms with van der Waals surface area (Å²) in [5, 5.41) is 8.53. The first kappa shape index (κ1) is 15.2. The SMILES string of the molecule is CN(CCCCCC(=O)O)Cc1ccccc1Br. The van der Waals surface area contributed by atoms with Crippen LogP contribution in [0.2, 0.25) is 0 Å². The van der Waals surface area contributed by atoms with Crippen LogP contribution in [-0.4, -0.2) is 29.6 Å². The van der Waals surface area contributed by atoms with Crippen LogP contribution < -0.4 is 0 Å². The molecule has 0 aliphatic carbocycles. The second kappa shape index (κ2) is 8.27. The van der Waals surface area contributed by atoms with Crippen molar-refractivity contribution in [2.75, 3.05) is 13.6 Å². The van der Waals surface area contributed by atoms with Gasteiger partial charge in [0.15, 0.2) is 0 Å². The number of rotatable bonds is 8. The van der Waals surface area contributed by atoms with Crippen molar-refractivity contribution in [1.29, 1.82) is 0 Å². The minimum absolute atomic E-state index is 0.286. The number of hydrogen-bond acceptors (Lipinski definition) is 2. The van der Waals surface area contributed by atoms with E-state index < -0.39 is 5.97 Å². The van der Waals surface area contributed by atoms with Gasteiger partial charge in [-0.2, -0.15) is 0 Å². The summed E-state index contributed by atoms with van der Waals surface area (Å²) in [6.45, 7) is 1.92. The Bertz CT molecular complexity index is 382. The molecule has 100 valence electrons.